The van der Waals surface area contributed by atoms with Gasteiger partial charge in [-0.15, -0.1) is 0 Å². The molecule has 1 rings (SSSR count). The molecule has 0 radical (unpaired) electrons. The molecule has 0 aromatic heterocycles. The van der Waals surface area contributed by atoms with E-state index < -0.39 is 14.2 Å². The van der Waals surface area contributed by atoms with Gasteiger partial charge in [0.2, 0.25) is 0 Å². The molecule has 0 amide bonds. The molecule has 0 N–H and O–H groups in total. The van der Waals surface area contributed by atoms with E-state index >= 15 is 0 Å². The van der Waals surface area contributed by atoms with Gasteiger partial charge in [-0.2, -0.15) is 0 Å². The molecule has 0 bridgehead atoms. The fourth-order valence-electron chi connectivity index (χ4n) is 0.936. The van der Waals surface area contributed by atoms with Crippen molar-refractivity contribution < 1.29 is 4.74 Å². The molecular weight excluding hydrogens is 265 g/mol. The molecule has 72 valence electrons. The van der Waals surface area contributed by atoms with Crippen LogP contribution in [0, 0.1) is 0 Å². The van der Waals surface area contributed by atoms with Crippen LogP contribution in [0.4, 0.5) is 0 Å². The first-order chi connectivity index (χ1) is 6.15. The van der Waals surface area contributed by atoms with Crippen molar-refractivity contribution in [3.8, 4) is 5.75 Å². The van der Waals surface area contributed by atoms with Gasteiger partial charge in [0, 0.05) is 0 Å². The fourth-order valence-corrected chi connectivity index (χ4v) is 5.88. The Bertz CT molecular complexity index is 263. The van der Waals surface area contributed by atoms with Gasteiger partial charge in [-0.05, 0) is 0 Å². The summed E-state index contributed by atoms with van der Waals surface area (Å²) in [5.74, 6) is 0.509. The summed E-state index contributed by atoms with van der Waals surface area (Å²) in [6.07, 6.45) is 0. The first-order valence-electron chi connectivity index (χ1n) is 3.92. The second-order valence-corrected chi connectivity index (χ2v) is 16.6. The first kappa shape index (κ1) is 11.4. The van der Waals surface area contributed by atoms with Crippen LogP contribution in [0.5, 0.6) is 5.75 Å². The molecule has 1 unspecified atom stereocenters. The van der Waals surface area contributed by atoms with Gasteiger partial charge in [0.25, 0.3) is 0 Å². The van der Waals surface area contributed by atoms with E-state index in [0.717, 1.165) is 5.75 Å². The summed E-state index contributed by atoms with van der Waals surface area (Å²) in [6, 6.07) is 8.11. The van der Waals surface area contributed by atoms with Gasteiger partial charge in [0.15, 0.2) is 0 Å². The summed E-state index contributed by atoms with van der Waals surface area (Å²) in [7, 11) is 1.68. The van der Waals surface area contributed by atoms with E-state index in [4.69, 9.17) is 16.0 Å². The van der Waals surface area contributed by atoms with E-state index in [1.165, 1.54) is 5.30 Å². The van der Waals surface area contributed by atoms with Crippen LogP contribution in [0.1, 0.15) is 0 Å². The Kier molecular flexibility index (Phi) is 4.59. The van der Waals surface area contributed by atoms with E-state index in [2.05, 4.69) is 23.6 Å². The molecule has 0 saturated heterocycles. The van der Waals surface area contributed by atoms with Crippen LogP contribution in [0.2, 0.25) is 11.4 Å². The van der Waals surface area contributed by atoms with Crippen molar-refractivity contribution in [1.82, 2.24) is 0 Å². The summed E-state index contributed by atoms with van der Waals surface area (Å²) < 4.78 is 5.09. The van der Waals surface area contributed by atoms with E-state index in [1.807, 2.05) is 12.1 Å². The van der Waals surface area contributed by atoms with Gasteiger partial charge in [0.1, 0.15) is 0 Å². The minimum atomic E-state index is -0.789. The summed E-state index contributed by atoms with van der Waals surface area (Å²) in [6.45, 7) is 0. The zero-order chi connectivity index (χ0) is 9.84. The summed E-state index contributed by atoms with van der Waals surface area (Å²) >= 11 is 5.54. The van der Waals surface area contributed by atoms with Crippen molar-refractivity contribution in [3.63, 3.8) is 0 Å². The van der Waals surface area contributed by atoms with E-state index in [-0.39, 0.29) is 5.83 Å². The average Bonchev–Trinajstić information content (AvgIpc) is 2.17. The Morgan fingerprint density at radius 1 is 1.23 bits per heavy atom. The number of benzene rings is 1. The van der Waals surface area contributed by atoms with Crippen LogP contribution in [-0.2, 0) is 0 Å². The molecule has 1 aromatic carbocycles. The van der Waals surface area contributed by atoms with Crippen LogP contribution in [-0.4, -0.2) is 21.3 Å². The Hall–Kier alpha value is 0.298. The van der Waals surface area contributed by atoms with Gasteiger partial charge < -0.3 is 0 Å². The van der Waals surface area contributed by atoms with Crippen molar-refractivity contribution in [2.75, 3.05) is 7.11 Å². The van der Waals surface area contributed by atoms with Crippen molar-refractivity contribution >= 4 is 36.6 Å². The van der Waals surface area contributed by atoms with Gasteiger partial charge in [-0.3, -0.25) is 0 Å². The quantitative estimate of drug-likeness (QED) is 0.609. The third kappa shape index (κ3) is 3.17. The van der Waals surface area contributed by atoms with Crippen LogP contribution >= 0.6 is 17.1 Å². The molecular formula is C9H13AsClOP. The van der Waals surface area contributed by atoms with Gasteiger partial charge >= 0.3 is 89.9 Å². The number of ether oxygens (including phenoxy) is 1. The molecule has 1 atom stereocenters. The van der Waals surface area contributed by atoms with E-state index in [9.17, 15) is 0 Å². The number of methoxy groups -OCH3 is 1. The zero-order valence-electron chi connectivity index (χ0n) is 7.99. The number of hydrogen-bond acceptors (Lipinski definition) is 1. The topological polar surface area (TPSA) is 9.23 Å². The second-order valence-electron chi connectivity index (χ2n) is 2.81. The molecule has 13 heavy (non-hydrogen) atoms. The number of rotatable bonds is 3. The fraction of sp³-hybridized carbons (Fsp3) is 0.333. The third-order valence-corrected chi connectivity index (χ3v) is 14.2. The Morgan fingerprint density at radius 2 is 1.77 bits per heavy atom. The summed E-state index contributed by atoms with van der Waals surface area (Å²) in [4.78, 5) is 0. The molecule has 0 aliphatic heterocycles. The molecule has 0 saturated carbocycles. The first-order valence-corrected chi connectivity index (χ1v) is 12.4. The van der Waals surface area contributed by atoms with Gasteiger partial charge in [0.05, 0.1) is 0 Å². The Labute approximate surface area is 89.8 Å². The van der Waals surface area contributed by atoms with E-state index in [0.29, 0.717) is 0 Å². The zero-order valence-corrected chi connectivity index (χ0v) is 11.5. The number of halogens is 1. The maximum atomic E-state index is 6.33. The monoisotopic (exact) mass is 278 g/mol. The molecule has 1 aromatic rings. The Balaban J connectivity index is 2.79. The van der Waals surface area contributed by atoms with E-state index in [1.54, 1.807) is 7.11 Å². The van der Waals surface area contributed by atoms with Crippen LogP contribution in [0.3, 0.4) is 0 Å². The predicted octanol–water partition coefficient (Wildman–Crippen LogP) is 3.21. The normalized spacial score (nSPS) is 13.0. The van der Waals surface area contributed by atoms with Crippen LogP contribution < -0.4 is 10.0 Å². The van der Waals surface area contributed by atoms with Crippen LogP contribution in [0.15, 0.2) is 24.3 Å². The molecule has 1 nitrogen and oxygen atoms in total. The van der Waals surface area contributed by atoms with Crippen molar-refractivity contribution in [2.45, 2.75) is 11.4 Å². The SMILES string of the molecule is COc1ccc(P(Cl)[As](C)C)cc1. The standard InChI is InChI=1S/C9H13AsClOP/c1-10(2)13(11)9-6-4-8(12-3)5-7-9/h4-7H,1-3H3. The van der Waals surface area contributed by atoms with Crippen molar-refractivity contribution in [2.24, 2.45) is 0 Å². The Morgan fingerprint density at radius 3 is 2.15 bits per heavy atom. The van der Waals surface area contributed by atoms with Crippen molar-refractivity contribution in [3.05, 3.63) is 24.3 Å². The molecule has 0 spiro atoms. The van der Waals surface area contributed by atoms with Gasteiger partial charge in [-0.25, -0.2) is 0 Å². The third-order valence-electron chi connectivity index (χ3n) is 1.64. The predicted molar refractivity (Wildman–Crippen MR) is 62.9 cm³/mol. The molecule has 0 aliphatic carbocycles. The van der Waals surface area contributed by atoms with Crippen molar-refractivity contribution in [1.29, 1.82) is 0 Å². The average molecular weight is 279 g/mol. The second kappa shape index (κ2) is 5.25. The van der Waals surface area contributed by atoms with Crippen LogP contribution in [0.25, 0.3) is 0 Å². The minimum absolute atomic E-state index is 0.390. The molecule has 4 heteroatoms. The summed E-state index contributed by atoms with van der Waals surface area (Å²) in [5, 5.41) is 1.28. The molecule has 0 aliphatic rings. The van der Waals surface area contributed by atoms with Gasteiger partial charge in [-0.1, -0.05) is 0 Å². The summed E-state index contributed by atoms with van der Waals surface area (Å²) in [5.41, 5.74) is 4.58. The number of hydrogen-bond donors (Lipinski definition) is 0. The molecule has 0 heterocycles. The molecule has 0 fully saturated rings. The maximum absolute atomic E-state index is 6.33.